The molecule has 1 saturated heterocycles. The molecule has 3 nitrogen and oxygen atoms in total. The first-order chi connectivity index (χ1) is 8.02. The molecule has 17 heavy (non-hydrogen) atoms. The zero-order valence-electron chi connectivity index (χ0n) is 10.8. The van der Waals surface area contributed by atoms with E-state index < -0.39 is 5.72 Å². The average molecular weight is 235 g/mol. The Morgan fingerprint density at radius 2 is 1.94 bits per heavy atom. The van der Waals surface area contributed by atoms with Gasteiger partial charge in [-0.05, 0) is 5.56 Å². The minimum atomic E-state index is -0.525. The van der Waals surface area contributed by atoms with Crippen LogP contribution >= 0.6 is 0 Å². The number of hydrogen-bond donors (Lipinski definition) is 1. The smallest absolute Gasteiger partial charge is 0.154 e. The van der Waals surface area contributed by atoms with Crippen LogP contribution in [0.2, 0.25) is 0 Å². The van der Waals surface area contributed by atoms with Crippen LogP contribution in [0.15, 0.2) is 30.3 Å². The number of aliphatic hydroxyl groups is 1. The Bertz CT molecular complexity index is 372. The molecule has 3 heteroatoms. The fourth-order valence-corrected chi connectivity index (χ4v) is 2.78. The predicted octanol–water partition coefficient (Wildman–Crippen LogP) is 2.17. The molecule has 1 N–H and O–H groups in total. The van der Waals surface area contributed by atoms with Crippen molar-refractivity contribution in [2.75, 3.05) is 19.9 Å². The highest BCUT2D eigenvalue weighted by Gasteiger charge is 2.52. The lowest BCUT2D eigenvalue weighted by atomic mass is 9.77. The van der Waals surface area contributed by atoms with Crippen LogP contribution in [-0.2, 0) is 10.5 Å². The van der Waals surface area contributed by atoms with E-state index in [-0.39, 0.29) is 12.1 Å². The van der Waals surface area contributed by atoms with Crippen LogP contribution in [0, 0.1) is 5.41 Å². The van der Waals surface area contributed by atoms with E-state index in [2.05, 4.69) is 32.9 Å². The monoisotopic (exact) mass is 235 g/mol. The van der Waals surface area contributed by atoms with Gasteiger partial charge in [-0.3, -0.25) is 0 Å². The molecule has 1 atom stereocenters. The van der Waals surface area contributed by atoms with Gasteiger partial charge in [0.1, 0.15) is 0 Å². The summed E-state index contributed by atoms with van der Waals surface area (Å²) in [4.78, 5) is 2.00. The fraction of sp³-hybridized carbons (Fsp3) is 0.571. The Balaban J connectivity index is 2.52. The van der Waals surface area contributed by atoms with Crippen molar-refractivity contribution >= 4 is 0 Å². The topological polar surface area (TPSA) is 32.7 Å². The average Bonchev–Trinajstić information content (AvgIpc) is 2.74. The molecular formula is C14H21NO2. The van der Waals surface area contributed by atoms with Gasteiger partial charge in [-0.1, -0.05) is 51.1 Å². The first-order valence-corrected chi connectivity index (χ1v) is 6.08. The van der Waals surface area contributed by atoms with Gasteiger partial charge in [0.25, 0.3) is 0 Å². The molecule has 0 aliphatic carbocycles. The molecule has 0 amide bonds. The van der Waals surface area contributed by atoms with Crippen molar-refractivity contribution in [3.8, 4) is 0 Å². The van der Waals surface area contributed by atoms with Crippen molar-refractivity contribution in [1.29, 1.82) is 0 Å². The van der Waals surface area contributed by atoms with Gasteiger partial charge in [0.15, 0.2) is 5.72 Å². The molecule has 0 spiro atoms. The summed E-state index contributed by atoms with van der Waals surface area (Å²) in [5, 5.41) is 9.57. The van der Waals surface area contributed by atoms with Crippen LogP contribution in [0.3, 0.4) is 0 Å². The number of nitrogens with zero attached hydrogens (tertiary/aromatic N) is 1. The largest absolute Gasteiger partial charge is 0.381 e. The zero-order valence-corrected chi connectivity index (χ0v) is 10.8. The second kappa shape index (κ2) is 4.41. The lowest BCUT2D eigenvalue weighted by Crippen LogP contribution is -2.52. The highest BCUT2D eigenvalue weighted by atomic mass is 16.5. The van der Waals surface area contributed by atoms with Crippen LogP contribution in [0.25, 0.3) is 0 Å². The van der Waals surface area contributed by atoms with Gasteiger partial charge in [0.05, 0.1) is 13.3 Å². The summed E-state index contributed by atoms with van der Waals surface area (Å²) in [6, 6.07) is 10.2. The molecule has 0 aromatic heterocycles. The normalized spacial score (nSPS) is 26.4. The van der Waals surface area contributed by atoms with Gasteiger partial charge < -0.3 is 9.84 Å². The second-order valence-corrected chi connectivity index (χ2v) is 5.51. The third-order valence-electron chi connectivity index (χ3n) is 3.47. The maximum atomic E-state index is 9.57. The number of rotatable bonds is 2. The number of ether oxygens (including phenoxy) is 1. The van der Waals surface area contributed by atoms with Crippen molar-refractivity contribution in [1.82, 2.24) is 4.90 Å². The number of hydrogen-bond acceptors (Lipinski definition) is 3. The Labute approximate surface area is 103 Å². The molecule has 0 radical (unpaired) electrons. The summed E-state index contributed by atoms with van der Waals surface area (Å²) in [6.45, 7) is 7.89. The Morgan fingerprint density at radius 1 is 1.29 bits per heavy atom. The lowest BCUT2D eigenvalue weighted by Gasteiger charge is -2.46. The van der Waals surface area contributed by atoms with Crippen LogP contribution in [0.5, 0.6) is 0 Å². The van der Waals surface area contributed by atoms with E-state index in [1.54, 1.807) is 0 Å². The summed E-state index contributed by atoms with van der Waals surface area (Å²) in [5.41, 5.74) is 0.482. The van der Waals surface area contributed by atoms with Crippen molar-refractivity contribution in [3.05, 3.63) is 35.9 Å². The van der Waals surface area contributed by atoms with Gasteiger partial charge in [-0.25, -0.2) is 4.90 Å². The lowest BCUT2D eigenvalue weighted by molar-refractivity contribution is -0.182. The first-order valence-electron chi connectivity index (χ1n) is 6.08. The van der Waals surface area contributed by atoms with Gasteiger partial charge in [-0.2, -0.15) is 0 Å². The number of benzene rings is 1. The summed E-state index contributed by atoms with van der Waals surface area (Å²) in [7, 11) is 0. The third kappa shape index (κ3) is 1.88. The highest BCUT2D eigenvalue weighted by molar-refractivity contribution is 5.25. The minimum absolute atomic E-state index is 0.0200. The van der Waals surface area contributed by atoms with E-state index in [0.717, 1.165) is 12.1 Å². The predicted molar refractivity (Wildman–Crippen MR) is 67.3 cm³/mol. The van der Waals surface area contributed by atoms with Crippen molar-refractivity contribution in [2.24, 2.45) is 5.41 Å². The van der Waals surface area contributed by atoms with Gasteiger partial charge in [0.2, 0.25) is 0 Å². The molecule has 1 aromatic rings. The van der Waals surface area contributed by atoms with Gasteiger partial charge >= 0.3 is 0 Å². The van der Waals surface area contributed by atoms with E-state index >= 15 is 0 Å². The van der Waals surface area contributed by atoms with Crippen LogP contribution in [0.4, 0.5) is 0 Å². The quantitative estimate of drug-likeness (QED) is 0.852. The third-order valence-corrected chi connectivity index (χ3v) is 3.47. The van der Waals surface area contributed by atoms with Gasteiger partial charge in [0, 0.05) is 12.0 Å². The molecule has 0 saturated carbocycles. The molecule has 1 unspecified atom stereocenters. The van der Waals surface area contributed by atoms with Crippen LogP contribution < -0.4 is 0 Å². The summed E-state index contributed by atoms with van der Waals surface area (Å²) in [5.74, 6) is 0. The molecule has 2 rings (SSSR count). The molecule has 1 aliphatic rings. The maximum absolute atomic E-state index is 9.57. The Kier molecular flexibility index (Phi) is 3.25. The molecule has 1 fully saturated rings. The molecule has 1 aromatic carbocycles. The van der Waals surface area contributed by atoms with E-state index in [0.29, 0.717) is 6.61 Å². The minimum Gasteiger partial charge on any atom is -0.381 e. The van der Waals surface area contributed by atoms with E-state index in [9.17, 15) is 5.11 Å². The standard InChI is InChI=1S/C14H21NO2/c1-13(2,3)14(12-7-5-4-6-8-12)15(11-16)9-10-17-14/h4-8,16H,9-11H2,1-3H3. The Hall–Kier alpha value is -0.900. The SMILES string of the molecule is CC(C)(C)C1(c2ccccc2)OCCN1CO. The van der Waals surface area contributed by atoms with Crippen molar-refractivity contribution in [3.63, 3.8) is 0 Å². The summed E-state index contributed by atoms with van der Waals surface area (Å²) < 4.78 is 6.06. The molecule has 1 aliphatic heterocycles. The van der Waals surface area contributed by atoms with Crippen molar-refractivity contribution in [2.45, 2.75) is 26.5 Å². The first kappa shape index (κ1) is 12.6. The van der Waals surface area contributed by atoms with Gasteiger partial charge in [-0.15, -0.1) is 0 Å². The highest BCUT2D eigenvalue weighted by Crippen LogP contribution is 2.47. The van der Waals surface area contributed by atoms with Crippen LogP contribution in [-0.4, -0.2) is 29.9 Å². The molecule has 0 bridgehead atoms. The van der Waals surface area contributed by atoms with E-state index in [1.165, 1.54) is 0 Å². The zero-order chi connectivity index (χ0) is 12.5. The Morgan fingerprint density at radius 3 is 2.47 bits per heavy atom. The van der Waals surface area contributed by atoms with Crippen molar-refractivity contribution < 1.29 is 9.84 Å². The number of aliphatic hydroxyl groups excluding tert-OH is 1. The fourth-order valence-electron chi connectivity index (χ4n) is 2.78. The van der Waals surface area contributed by atoms with Crippen LogP contribution in [0.1, 0.15) is 26.3 Å². The maximum Gasteiger partial charge on any atom is 0.154 e. The summed E-state index contributed by atoms with van der Waals surface area (Å²) >= 11 is 0. The molecule has 94 valence electrons. The van der Waals surface area contributed by atoms with E-state index in [4.69, 9.17) is 4.74 Å². The summed E-state index contributed by atoms with van der Waals surface area (Å²) in [6.07, 6.45) is 0. The molecule has 1 heterocycles. The van der Waals surface area contributed by atoms with E-state index in [1.807, 2.05) is 23.1 Å². The second-order valence-electron chi connectivity index (χ2n) is 5.51. The molecular weight excluding hydrogens is 214 g/mol.